The van der Waals surface area contributed by atoms with E-state index in [-0.39, 0.29) is 27.4 Å². The van der Waals surface area contributed by atoms with Gasteiger partial charge in [-0.1, -0.05) is 36.4 Å². The Hall–Kier alpha value is -2.40. The second-order valence-corrected chi connectivity index (χ2v) is 8.19. The van der Waals surface area contributed by atoms with Crippen LogP contribution in [0.1, 0.15) is 11.1 Å². The number of nitrogens with zero attached hydrogens (tertiary/aromatic N) is 2. The fraction of sp³-hybridized carbons (Fsp3) is 0. The predicted octanol–water partition coefficient (Wildman–Crippen LogP) is 3.82. The monoisotopic (exact) mass is 454 g/mol. The molecule has 8 nitrogen and oxygen atoms in total. The van der Waals surface area contributed by atoms with Gasteiger partial charge in [0.2, 0.25) is 0 Å². The molecule has 0 heterocycles. The maximum atomic E-state index is 11.9. The molecule has 0 fully saturated rings. The van der Waals surface area contributed by atoms with Crippen molar-refractivity contribution in [2.45, 2.75) is 9.79 Å². The summed E-state index contributed by atoms with van der Waals surface area (Å²) < 4.78 is 65.7. The Morgan fingerprint density at radius 1 is 0.821 bits per heavy atom. The van der Waals surface area contributed by atoms with Crippen molar-refractivity contribution < 1.29 is 25.9 Å². The van der Waals surface area contributed by atoms with Crippen molar-refractivity contribution in [3.63, 3.8) is 0 Å². The van der Waals surface area contributed by atoms with E-state index in [0.29, 0.717) is 0 Å². The van der Waals surface area contributed by atoms with Crippen LogP contribution in [0.15, 0.2) is 56.2 Å². The average Bonchev–Trinajstić information content (AvgIpc) is 2.60. The second-order valence-electron chi connectivity index (χ2n) is 5.08. The Labute approximate surface area is 171 Å². The van der Waals surface area contributed by atoms with Gasteiger partial charge in [0.05, 0.1) is 10.3 Å². The van der Waals surface area contributed by atoms with Crippen molar-refractivity contribution in [1.29, 1.82) is 0 Å². The summed E-state index contributed by atoms with van der Waals surface area (Å²) in [5.74, 6) is 0. The molecule has 0 aliphatic heterocycles. The maximum absolute atomic E-state index is 11.9. The summed E-state index contributed by atoms with van der Waals surface area (Å²) in [6.45, 7) is 0. The normalized spacial score (nSPS) is 11.6. The molecule has 2 N–H and O–H groups in total. The van der Waals surface area contributed by atoms with Crippen molar-refractivity contribution in [1.82, 2.24) is 0 Å². The van der Waals surface area contributed by atoms with Crippen molar-refractivity contribution in [2.24, 2.45) is 9.98 Å². The molecule has 0 aliphatic rings. The van der Waals surface area contributed by atoms with Gasteiger partial charge in [0.1, 0.15) is 21.2 Å². The summed E-state index contributed by atoms with van der Waals surface area (Å²) in [6, 6.07) is 8.16. The molecular formula is C16H10N2O6S4. The Morgan fingerprint density at radius 2 is 1.43 bits per heavy atom. The standard InChI is InChI=1S/C16H10N2O6S4/c19-27(20,21)14-4-2-1-3-11(14)5-6-12-7-8-13(17-9-25)15(18-10-26)16(12)28(22,23)24/h1-8H,(H,19,20,21)(H,22,23,24). The molecule has 12 heteroatoms. The zero-order valence-corrected chi connectivity index (χ0v) is 16.9. The number of aliphatic imine (C=N–C) groups is 2. The molecule has 28 heavy (non-hydrogen) atoms. The lowest BCUT2D eigenvalue weighted by Gasteiger charge is -2.09. The number of isothiocyanates is 2. The molecule has 2 aromatic rings. The van der Waals surface area contributed by atoms with Crippen molar-refractivity contribution in [2.75, 3.05) is 0 Å². The molecule has 2 aromatic carbocycles. The van der Waals surface area contributed by atoms with Crippen LogP contribution in [0.5, 0.6) is 0 Å². The Bertz CT molecular complexity index is 1270. The summed E-state index contributed by atoms with van der Waals surface area (Å²) in [7, 11) is -9.29. The highest BCUT2D eigenvalue weighted by atomic mass is 32.2. The fourth-order valence-electron chi connectivity index (χ4n) is 2.30. The second kappa shape index (κ2) is 8.74. The minimum Gasteiger partial charge on any atom is -0.282 e. The first-order chi connectivity index (χ1) is 13.1. The maximum Gasteiger partial charge on any atom is 0.297 e. The minimum absolute atomic E-state index is 0.0181. The van der Waals surface area contributed by atoms with Gasteiger partial charge in [-0.3, -0.25) is 9.11 Å². The lowest BCUT2D eigenvalue weighted by Crippen LogP contribution is -2.02. The molecule has 0 saturated carbocycles. The lowest BCUT2D eigenvalue weighted by molar-refractivity contribution is 0.481. The first-order valence-electron chi connectivity index (χ1n) is 7.14. The highest BCUT2D eigenvalue weighted by molar-refractivity contribution is 7.86. The first-order valence-corrected chi connectivity index (χ1v) is 10.8. The molecule has 0 atom stereocenters. The van der Waals surface area contributed by atoms with Crippen LogP contribution >= 0.6 is 24.4 Å². The third kappa shape index (κ3) is 5.10. The SMILES string of the molecule is O=S(=O)(O)c1ccccc1C=Cc1ccc(N=C=S)c(N=C=S)c1S(=O)(=O)O. The van der Waals surface area contributed by atoms with E-state index in [4.69, 9.17) is 0 Å². The molecule has 0 aromatic heterocycles. The number of rotatable bonds is 6. The Kier molecular flexibility index (Phi) is 6.83. The topological polar surface area (TPSA) is 133 Å². The van der Waals surface area contributed by atoms with E-state index >= 15 is 0 Å². The van der Waals surface area contributed by atoms with Gasteiger partial charge in [-0.25, -0.2) is 0 Å². The van der Waals surface area contributed by atoms with Gasteiger partial charge in [-0.15, -0.1) is 0 Å². The zero-order chi connectivity index (χ0) is 20.9. The Balaban J connectivity index is 2.78. The highest BCUT2D eigenvalue weighted by Gasteiger charge is 2.22. The van der Waals surface area contributed by atoms with Gasteiger partial charge in [-0.05, 0) is 47.7 Å². The van der Waals surface area contributed by atoms with E-state index < -0.39 is 25.1 Å². The van der Waals surface area contributed by atoms with Gasteiger partial charge in [-0.2, -0.15) is 26.8 Å². The summed E-state index contributed by atoms with van der Waals surface area (Å²) in [5, 5.41) is 4.06. The number of thiocarbonyl (C=S) groups is 2. The first kappa shape index (κ1) is 21.9. The minimum atomic E-state index is -4.79. The molecule has 0 unspecified atom stereocenters. The van der Waals surface area contributed by atoms with Crippen molar-refractivity contribution >= 4 is 78.5 Å². The van der Waals surface area contributed by atoms with E-state index in [2.05, 4.69) is 39.6 Å². The van der Waals surface area contributed by atoms with E-state index in [1.54, 1.807) is 0 Å². The van der Waals surface area contributed by atoms with Gasteiger partial charge < -0.3 is 0 Å². The van der Waals surface area contributed by atoms with E-state index in [1.165, 1.54) is 48.6 Å². The summed E-state index contributed by atoms with van der Waals surface area (Å²) in [6.07, 6.45) is 2.47. The molecule has 0 amide bonds. The van der Waals surface area contributed by atoms with E-state index in [1.807, 2.05) is 5.16 Å². The third-order valence-electron chi connectivity index (χ3n) is 3.36. The van der Waals surface area contributed by atoms with Crippen LogP contribution in [0.25, 0.3) is 12.2 Å². The highest BCUT2D eigenvalue weighted by Crippen LogP contribution is 2.38. The van der Waals surface area contributed by atoms with Crippen LogP contribution in [0.4, 0.5) is 11.4 Å². The smallest absolute Gasteiger partial charge is 0.282 e. The zero-order valence-electron chi connectivity index (χ0n) is 13.7. The number of benzene rings is 2. The Morgan fingerprint density at radius 3 is 2.00 bits per heavy atom. The quantitative estimate of drug-likeness (QED) is 0.291. The number of hydrogen-bond donors (Lipinski definition) is 2. The summed E-state index contributed by atoms with van der Waals surface area (Å²) in [4.78, 5) is 6.31. The van der Waals surface area contributed by atoms with Crippen LogP contribution in [0.3, 0.4) is 0 Å². The summed E-state index contributed by atoms with van der Waals surface area (Å²) in [5.41, 5.74) is -0.275. The molecule has 0 spiro atoms. The van der Waals surface area contributed by atoms with E-state index in [9.17, 15) is 25.9 Å². The molecule has 0 bridgehead atoms. The largest absolute Gasteiger partial charge is 0.297 e. The fourth-order valence-corrected chi connectivity index (χ4v) is 4.01. The van der Waals surface area contributed by atoms with Crippen molar-refractivity contribution in [3.8, 4) is 0 Å². The van der Waals surface area contributed by atoms with Crippen molar-refractivity contribution in [3.05, 3.63) is 47.5 Å². The molecule has 0 radical (unpaired) electrons. The molecular weight excluding hydrogens is 444 g/mol. The third-order valence-corrected chi connectivity index (χ3v) is 5.42. The van der Waals surface area contributed by atoms with Gasteiger partial charge in [0.25, 0.3) is 20.2 Å². The van der Waals surface area contributed by atoms with E-state index in [0.717, 1.165) is 0 Å². The van der Waals surface area contributed by atoms with Gasteiger partial charge >= 0.3 is 0 Å². The molecule has 144 valence electrons. The van der Waals surface area contributed by atoms with Gasteiger partial charge in [0, 0.05) is 0 Å². The lowest BCUT2D eigenvalue weighted by atomic mass is 10.1. The van der Waals surface area contributed by atoms with Crippen LogP contribution in [0, 0.1) is 0 Å². The van der Waals surface area contributed by atoms with Crippen LogP contribution in [0.2, 0.25) is 0 Å². The number of hydrogen-bond acceptors (Lipinski definition) is 8. The van der Waals surface area contributed by atoms with Crippen LogP contribution in [-0.2, 0) is 20.2 Å². The molecule has 0 saturated heterocycles. The average molecular weight is 455 g/mol. The van der Waals surface area contributed by atoms with Crippen LogP contribution in [-0.4, -0.2) is 36.3 Å². The predicted molar refractivity (Wildman–Crippen MR) is 111 cm³/mol. The molecule has 2 rings (SSSR count). The van der Waals surface area contributed by atoms with Gasteiger partial charge in [0.15, 0.2) is 0 Å². The van der Waals surface area contributed by atoms with Crippen LogP contribution < -0.4 is 0 Å². The molecule has 0 aliphatic carbocycles. The summed E-state index contributed by atoms with van der Waals surface area (Å²) >= 11 is 9.01.